The molecule has 0 amide bonds. The van der Waals surface area contributed by atoms with Crippen molar-refractivity contribution in [2.24, 2.45) is 5.73 Å². The Morgan fingerprint density at radius 1 is 1.11 bits per heavy atom. The number of nitrogens with two attached hydrogens (primary N) is 1. The monoisotopic (exact) mass is 257 g/mol. The highest BCUT2D eigenvalue weighted by atomic mass is 15.2. The van der Waals surface area contributed by atoms with E-state index in [-0.39, 0.29) is 0 Å². The molecule has 0 unspecified atom stereocenters. The molecule has 102 valence electrons. The standard InChI is InChI=1S/C16H23N3/c1-3-14(4-2)19(12-11-17)16-10-9-13-7-5-6-8-15(13)18-16/h5-10,14H,3-4,11-12,17H2,1-2H3. The van der Waals surface area contributed by atoms with Gasteiger partial charge in [-0.05, 0) is 31.0 Å². The van der Waals surface area contributed by atoms with E-state index in [1.165, 1.54) is 5.39 Å². The van der Waals surface area contributed by atoms with Crippen LogP contribution in [0.5, 0.6) is 0 Å². The molecule has 19 heavy (non-hydrogen) atoms. The summed E-state index contributed by atoms with van der Waals surface area (Å²) >= 11 is 0. The molecule has 0 saturated heterocycles. The van der Waals surface area contributed by atoms with Gasteiger partial charge in [0.05, 0.1) is 5.52 Å². The van der Waals surface area contributed by atoms with Gasteiger partial charge in [0, 0.05) is 24.5 Å². The summed E-state index contributed by atoms with van der Waals surface area (Å²) in [4.78, 5) is 7.12. The molecular weight excluding hydrogens is 234 g/mol. The molecule has 3 nitrogen and oxygen atoms in total. The van der Waals surface area contributed by atoms with E-state index in [1.807, 2.05) is 12.1 Å². The summed E-state index contributed by atoms with van der Waals surface area (Å²) in [5, 5.41) is 1.18. The predicted octanol–water partition coefficient (Wildman–Crippen LogP) is 3.19. The molecular formula is C16H23N3. The van der Waals surface area contributed by atoms with Crippen LogP contribution in [0.1, 0.15) is 26.7 Å². The van der Waals surface area contributed by atoms with Crippen molar-refractivity contribution >= 4 is 16.7 Å². The summed E-state index contributed by atoms with van der Waals surface area (Å²) in [6, 6.07) is 13.0. The predicted molar refractivity (Wildman–Crippen MR) is 82.5 cm³/mol. The van der Waals surface area contributed by atoms with Crippen LogP contribution in [-0.4, -0.2) is 24.1 Å². The highest BCUT2D eigenvalue weighted by molar-refractivity contribution is 5.80. The molecule has 0 aliphatic carbocycles. The van der Waals surface area contributed by atoms with Crippen LogP contribution < -0.4 is 10.6 Å². The highest BCUT2D eigenvalue weighted by Crippen LogP contribution is 2.21. The van der Waals surface area contributed by atoms with Crippen LogP contribution in [-0.2, 0) is 0 Å². The third kappa shape index (κ3) is 3.04. The quantitative estimate of drug-likeness (QED) is 0.864. The Kier molecular flexibility index (Phi) is 4.74. The number of hydrogen-bond donors (Lipinski definition) is 1. The average molecular weight is 257 g/mol. The van der Waals surface area contributed by atoms with Gasteiger partial charge in [-0.2, -0.15) is 0 Å². The summed E-state index contributed by atoms with van der Waals surface area (Å²) in [7, 11) is 0. The number of benzene rings is 1. The minimum atomic E-state index is 0.511. The zero-order valence-corrected chi connectivity index (χ0v) is 11.8. The molecule has 0 spiro atoms. The highest BCUT2D eigenvalue weighted by Gasteiger charge is 2.16. The SMILES string of the molecule is CCC(CC)N(CCN)c1ccc2ccccc2n1. The lowest BCUT2D eigenvalue weighted by atomic mass is 10.1. The van der Waals surface area contributed by atoms with Gasteiger partial charge >= 0.3 is 0 Å². The minimum absolute atomic E-state index is 0.511. The van der Waals surface area contributed by atoms with Gasteiger partial charge in [-0.1, -0.05) is 32.0 Å². The Balaban J connectivity index is 2.37. The van der Waals surface area contributed by atoms with E-state index in [9.17, 15) is 0 Å². The van der Waals surface area contributed by atoms with E-state index in [0.29, 0.717) is 12.6 Å². The third-order valence-electron chi connectivity index (χ3n) is 3.63. The third-order valence-corrected chi connectivity index (χ3v) is 3.63. The summed E-state index contributed by atoms with van der Waals surface area (Å²) in [6.07, 6.45) is 2.23. The molecule has 0 fully saturated rings. The van der Waals surface area contributed by atoms with Crippen molar-refractivity contribution in [1.29, 1.82) is 0 Å². The van der Waals surface area contributed by atoms with Crippen molar-refractivity contribution in [2.45, 2.75) is 32.7 Å². The molecule has 2 N–H and O–H groups in total. The molecule has 0 bridgehead atoms. The minimum Gasteiger partial charge on any atom is -0.352 e. The number of hydrogen-bond acceptors (Lipinski definition) is 3. The molecule has 1 aromatic carbocycles. The van der Waals surface area contributed by atoms with Gasteiger partial charge in [0.2, 0.25) is 0 Å². The van der Waals surface area contributed by atoms with Gasteiger partial charge in [0.15, 0.2) is 0 Å². The first-order valence-corrected chi connectivity index (χ1v) is 7.12. The number of pyridine rings is 1. The van der Waals surface area contributed by atoms with Crippen LogP contribution in [0, 0.1) is 0 Å². The second-order valence-electron chi connectivity index (χ2n) is 4.81. The first-order valence-electron chi connectivity index (χ1n) is 7.12. The summed E-state index contributed by atoms with van der Waals surface area (Å²) in [6.45, 7) is 5.96. The second-order valence-corrected chi connectivity index (χ2v) is 4.81. The lowest BCUT2D eigenvalue weighted by Gasteiger charge is -2.31. The number of fused-ring (bicyclic) bond motifs is 1. The molecule has 1 aromatic heterocycles. The number of rotatable bonds is 6. The summed E-state index contributed by atoms with van der Waals surface area (Å²) in [5.74, 6) is 1.04. The number of nitrogens with zero attached hydrogens (tertiary/aromatic N) is 2. The van der Waals surface area contributed by atoms with Gasteiger partial charge < -0.3 is 10.6 Å². The average Bonchev–Trinajstić information content (AvgIpc) is 2.47. The van der Waals surface area contributed by atoms with E-state index in [1.54, 1.807) is 0 Å². The van der Waals surface area contributed by atoms with Crippen molar-refractivity contribution in [2.75, 3.05) is 18.0 Å². The Morgan fingerprint density at radius 2 is 1.84 bits per heavy atom. The number of anilines is 1. The van der Waals surface area contributed by atoms with Crippen LogP contribution in [0.3, 0.4) is 0 Å². The second kappa shape index (κ2) is 6.53. The first-order chi connectivity index (χ1) is 9.30. The first kappa shape index (κ1) is 13.8. The fourth-order valence-corrected chi connectivity index (χ4v) is 2.57. The van der Waals surface area contributed by atoms with Gasteiger partial charge in [-0.15, -0.1) is 0 Å². The molecule has 0 aliphatic heterocycles. The fourth-order valence-electron chi connectivity index (χ4n) is 2.57. The smallest absolute Gasteiger partial charge is 0.129 e. The van der Waals surface area contributed by atoms with E-state index >= 15 is 0 Å². The zero-order chi connectivity index (χ0) is 13.7. The Morgan fingerprint density at radius 3 is 2.53 bits per heavy atom. The summed E-state index contributed by atoms with van der Waals surface area (Å²) < 4.78 is 0. The van der Waals surface area contributed by atoms with E-state index < -0.39 is 0 Å². The molecule has 0 radical (unpaired) electrons. The maximum absolute atomic E-state index is 5.76. The molecule has 2 rings (SSSR count). The van der Waals surface area contributed by atoms with Crippen molar-refractivity contribution in [3.8, 4) is 0 Å². The van der Waals surface area contributed by atoms with Crippen molar-refractivity contribution in [3.05, 3.63) is 36.4 Å². The molecule has 0 saturated carbocycles. The normalized spacial score (nSPS) is 11.2. The van der Waals surface area contributed by atoms with Gasteiger partial charge in [-0.25, -0.2) is 4.98 Å². The van der Waals surface area contributed by atoms with Crippen LogP contribution in [0.25, 0.3) is 10.9 Å². The molecule has 3 heteroatoms. The number of para-hydroxylation sites is 1. The maximum Gasteiger partial charge on any atom is 0.129 e. The van der Waals surface area contributed by atoms with Gasteiger partial charge in [0.25, 0.3) is 0 Å². The zero-order valence-electron chi connectivity index (χ0n) is 11.8. The Hall–Kier alpha value is -1.61. The van der Waals surface area contributed by atoms with Gasteiger partial charge in [0.1, 0.15) is 5.82 Å². The number of aromatic nitrogens is 1. The van der Waals surface area contributed by atoms with Crippen LogP contribution in [0.15, 0.2) is 36.4 Å². The summed E-state index contributed by atoms with van der Waals surface area (Å²) in [5.41, 5.74) is 6.81. The lowest BCUT2D eigenvalue weighted by Crippen LogP contribution is -2.38. The van der Waals surface area contributed by atoms with Crippen LogP contribution in [0.2, 0.25) is 0 Å². The molecule has 0 atom stereocenters. The van der Waals surface area contributed by atoms with Crippen LogP contribution >= 0.6 is 0 Å². The maximum atomic E-state index is 5.76. The van der Waals surface area contributed by atoms with Crippen LogP contribution in [0.4, 0.5) is 5.82 Å². The largest absolute Gasteiger partial charge is 0.352 e. The Bertz CT molecular complexity index is 520. The topological polar surface area (TPSA) is 42.1 Å². The van der Waals surface area contributed by atoms with Gasteiger partial charge in [-0.3, -0.25) is 0 Å². The van der Waals surface area contributed by atoms with Crippen molar-refractivity contribution in [1.82, 2.24) is 4.98 Å². The van der Waals surface area contributed by atoms with E-state index in [0.717, 1.165) is 30.7 Å². The molecule has 0 aliphatic rings. The fraction of sp³-hybridized carbons (Fsp3) is 0.438. The molecule has 2 aromatic rings. The lowest BCUT2D eigenvalue weighted by molar-refractivity contribution is 0.555. The van der Waals surface area contributed by atoms with E-state index in [4.69, 9.17) is 10.7 Å². The molecule has 1 heterocycles. The Labute approximate surface area is 115 Å². The van der Waals surface area contributed by atoms with E-state index in [2.05, 4.69) is 43.0 Å². The van der Waals surface area contributed by atoms with Crippen molar-refractivity contribution < 1.29 is 0 Å². The van der Waals surface area contributed by atoms with Crippen molar-refractivity contribution in [3.63, 3.8) is 0 Å².